The number of nitrogens with zero attached hydrogens (tertiary/aromatic N) is 1. The average Bonchev–Trinajstić information content (AvgIpc) is 2.38. The van der Waals surface area contributed by atoms with Crippen LogP contribution in [0.4, 0.5) is 0 Å². The van der Waals surface area contributed by atoms with Gasteiger partial charge in [-0.1, -0.05) is 12.2 Å². The van der Waals surface area contributed by atoms with Crippen LogP contribution in [0.5, 0.6) is 0 Å². The molecule has 1 aromatic rings. The summed E-state index contributed by atoms with van der Waals surface area (Å²) >= 11 is 1.47. The van der Waals surface area contributed by atoms with Crippen molar-refractivity contribution in [3.8, 4) is 0 Å². The van der Waals surface area contributed by atoms with Crippen molar-refractivity contribution in [1.29, 1.82) is 0 Å². The lowest BCUT2D eigenvalue weighted by Crippen LogP contribution is -2.32. The summed E-state index contributed by atoms with van der Waals surface area (Å²) in [5.41, 5.74) is -0.875. The molecule has 0 amide bonds. The molecule has 0 saturated carbocycles. The van der Waals surface area contributed by atoms with Crippen molar-refractivity contribution in [2.45, 2.75) is 11.5 Å². The molecule has 0 aliphatic carbocycles. The molecule has 6 nitrogen and oxygen atoms in total. The zero-order chi connectivity index (χ0) is 13.1. The van der Waals surface area contributed by atoms with Crippen LogP contribution in [0.3, 0.4) is 0 Å². The van der Waals surface area contributed by atoms with Crippen molar-refractivity contribution in [3.05, 3.63) is 45.3 Å². The lowest BCUT2D eigenvalue weighted by molar-refractivity contribution is 0.0694. The largest absolute Gasteiger partial charge is 0.394 e. The molecule has 0 fully saturated rings. The van der Waals surface area contributed by atoms with Crippen molar-refractivity contribution in [2.75, 3.05) is 12.4 Å². The molecule has 1 aliphatic heterocycles. The number of aromatic amines is 1. The zero-order valence-electron chi connectivity index (χ0n) is 9.52. The minimum absolute atomic E-state index is 0.116. The third-order valence-electron chi connectivity index (χ3n) is 2.79. The molecule has 0 spiro atoms. The Morgan fingerprint density at radius 2 is 2.28 bits per heavy atom. The van der Waals surface area contributed by atoms with Gasteiger partial charge in [0.15, 0.2) is 0 Å². The predicted octanol–water partition coefficient (Wildman–Crippen LogP) is -0.692. The van der Waals surface area contributed by atoms with Crippen LogP contribution in [0.25, 0.3) is 0 Å². The summed E-state index contributed by atoms with van der Waals surface area (Å²) in [4.78, 5) is 24.7. The number of H-pyrrole nitrogens is 1. The van der Waals surface area contributed by atoms with Gasteiger partial charge in [-0.05, 0) is 0 Å². The Morgan fingerprint density at radius 3 is 2.83 bits per heavy atom. The van der Waals surface area contributed by atoms with Gasteiger partial charge in [-0.2, -0.15) is 0 Å². The molecule has 1 aromatic heterocycles. The fourth-order valence-electron chi connectivity index (χ4n) is 1.73. The number of aromatic nitrogens is 2. The lowest BCUT2D eigenvalue weighted by atomic mass is 10.0. The molecule has 0 saturated heterocycles. The van der Waals surface area contributed by atoms with Crippen LogP contribution in [0.15, 0.2) is 34.0 Å². The van der Waals surface area contributed by atoms with Crippen molar-refractivity contribution < 1.29 is 10.2 Å². The van der Waals surface area contributed by atoms with Crippen molar-refractivity contribution in [1.82, 2.24) is 9.55 Å². The molecular weight excluding hydrogens is 256 g/mol. The van der Waals surface area contributed by atoms with E-state index in [1.54, 1.807) is 12.2 Å². The first-order valence-electron chi connectivity index (χ1n) is 5.52. The van der Waals surface area contributed by atoms with E-state index < -0.39 is 17.4 Å². The summed E-state index contributed by atoms with van der Waals surface area (Å²) in [7, 11) is 0. The molecule has 18 heavy (non-hydrogen) atoms. The Hall–Kier alpha value is -1.31. The maximum absolute atomic E-state index is 11.6. The summed E-state index contributed by atoms with van der Waals surface area (Å²) < 4.78 is 1.42. The van der Waals surface area contributed by atoms with E-state index in [1.165, 1.54) is 28.6 Å². The number of thioether (sulfide) groups is 1. The number of hydrogen-bond donors (Lipinski definition) is 3. The van der Waals surface area contributed by atoms with Crippen LogP contribution >= 0.6 is 11.8 Å². The third-order valence-corrected chi connectivity index (χ3v) is 4.09. The topological polar surface area (TPSA) is 95.3 Å². The third kappa shape index (κ3) is 2.74. The molecule has 1 aliphatic rings. The maximum atomic E-state index is 11.6. The van der Waals surface area contributed by atoms with Crippen LogP contribution in [-0.2, 0) is 0 Å². The molecule has 0 bridgehead atoms. The van der Waals surface area contributed by atoms with Crippen LogP contribution in [0.2, 0.25) is 0 Å². The normalized spacial score (nSPS) is 25.0. The molecule has 3 atom stereocenters. The van der Waals surface area contributed by atoms with Crippen LogP contribution < -0.4 is 11.2 Å². The Labute approximate surface area is 107 Å². The molecular formula is C11H14N2O4S. The molecule has 2 heterocycles. The summed E-state index contributed by atoms with van der Waals surface area (Å²) in [6.07, 6.45) is 4.25. The smallest absolute Gasteiger partial charge is 0.329 e. The van der Waals surface area contributed by atoms with E-state index in [9.17, 15) is 14.7 Å². The van der Waals surface area contributed by atoms with E-state index in [4.69, 9.17) is 5.11 Å². The van der Waals surface area contributed by atoms with Crippen molar-refractivity contribution in [2.24, 2.45) is 5.92 Å². The Morgan fingerprint density at radius 1 is 1.50 bits per heavy atom. The summed E-state index contributed by atoms with van der Waals surface area (Å²) in [5, 5.41) is 18.2. The number of aliphatic hydroxyl groups is 2. The first-order chi connectivity index (χ1) is 8.61. The molecule has 0 unspecified atom stereocenters. The molecule has 3 N–H and O–H groups in total. The Bertz CT molecular complexity index is 550. The van der Waals surface area contributed by atoms with Gasteiger partial charge in [-0.3, -0.25) is 14.3 Å². The van der Waals surface area contributed by atoms with E-state index >= 15 is 0 Å². The van der Waals surface area contributed by atoms with Gasteiger partial charge < -0.3 is 10.2 Å². The second kappa shape index (κ2) is 5.55. The Kier molecular flexibility index (Phi) is 4.05. The first kappa shape index (κ1) is 13.1. The van der Waals surface area contributed by atoms with Gasteiger partial charge in [0.25, 0.3) is 5.56 Å². The Balaban J connectivity index is 2.18. The highest BCUT2D eigenvalue weighted by atomic mass is 32.2. The molecule has 0 aromatic carbocycles. The highest BCUT2D eigenvalue weighted by Crippen LogP contribution is 2.31. The van der Waals surface area contributed by atoms with Crippen LogP contribution in [0, 0.1) is 5.92 Å². The number of rotatable bonds is 3. The van der Waals surface area contributed by atoms with Gasteiger partial charge in [0.05, 0.1) is 12.7 Å². The fourth-order valence-corrected chi connectivity index (χ4v) is 3.02. The summed E-state index contributed by atoms with van der Waals surface area (Å²) in [6, 6.07) is 1.30. The maximum Gasteiger partial charge on any atom is 0.329 e. The standard InChI is InChI=1S/C11H14N2O4S/c14-5-8(15)7-1-2-10(18-6-7)13-4-3-9(16)12-11(13)17/h1-4,7-8,10,14-15H,5-6H2,(H,12,16,17)/t7-,8-,10-/m0/s1. The molecule has 7 heteroatoms. The van der Waals surface area contributed by atoms with E-state index in [-0.39, 0.29) is 17.9 Å². The van der Waals surface area contributed by atoms with E-state index in [0.29, 0.717) is 5.75 Å². The van der Waals surface area contributed by atoms with E-state index in [2.05, 4.69) is 4.98 Å². The molecule has 98 valence electrons. The fraction of sp³-hybridized carbons (Fsp3) is 0.455. The van der Waals surface area contributed by atoms with Crippen LogP contribution in [0.1, 0.15) is 5.37 Å². The zero-order valence-corrected chi connectivity index (χ0v) is 10.3. The van der Waals surface area contributed by atoms with Gasteiger partial charge in [-0.15, -0.1) is 11.8 Å². The van der Waals surface area contributed by atoms with Gasteiger partial charge in [-0.25, -0.2) is 4.79 Å². The minimum atomic E-state index is -0.776. The molecule has 2 rings (SSSR count). The van der Waals surface area contributed by atoms with Gasteiger partial charge >= 0.3 is 5.69 Å². The number of hydrogen-bond acceptors (Lipinski definition) is 5. The summed E-state index contributed by atoms with van der Waals surface area (Å²) in [6.45, 7) is -0.279. The van der Waals surface area contributed by atoms with E-state index in [1.807, 2.05) is 0 Å². The molecule has 0 radical (unpaired) electrons. The van der Waals surface area contributed by atoms with Gasteiger partial charge in [0, 0.05) is 23.9 Å². The number of aliphatic hydroxyl groups excluding tert-OH is 2. The minimum Gasteiger partial charge on any atom is -0.394 e. The highest BCUT2D eigenvalue weighted by Gasteiger charge is 2.23. The SMILES string of the molecule is O=c1ccn([C@@H]2C=C[C@H]([C@@H](O)CO)CS2)c(=O)[nH]1. The summed E-state index contributed by atoms with van der Waals surface area (Å²) in [5.74, 6) is 0.490. The average molecular weight is 270 g/mol. The van der Waals surface area contributed by atoms with Gasteiger partial charge in [0.1, 0.15) is 5.37 Å². The quantitative estimate of drug-likeness (QED) is 0.632. The van der Waals surface area contributed by atoms with Gasteiger partial charge in [0.2, 0.25) is 0 Å². The van der Waals surface area contributed by atoms with E-state index in [0.717, 1.165) is 0 Å². The first-order valence-corrected chi connectivity index (χ1v) is 6.57. The monoisotopic (exact) mass is 270 g/mol. The van der Waals surface area contributed by atoms with Crippen molar-refractivity contribution in [3.63, 3.8) is 0 Å². The van der Waals surface area contributed by atoms with Crippen LogP contribution in [-0.4, -0.2) is 38.2 Å². The second-order valence-corrected chi connectivity index (χ2v) is 5.19. The lowest BCUT2D eigenvalue weighted by Gasteiger charge is -2.25. The predicted molar refractivity (Wildman–Crippen MR) is 68.5 cm³/mol. The number of nitrogens with one attached hydrogen (secondary N) is 1. The second-order valence-electron chi connectivity index (χ2n) is 4.04. The highest BCUT2D eigenvalue weighted by molar-refractivity contribution is 7.99. The van der Waals surface area contributed by atoms with Crippen molar-refractivity contribution >= 4 is 11.8 Å².